The molecule has 0 saturated heterocycles. The SMILES string of the molecule is C[C@H](NC(=O)[C@H](CCCN=C(N)N)NC(=O)[C@H](C)NC(=O)[C@@H](N)CCCN=C(N)N)C(=O)O. The predicted octanol–water partition coefficient (Wildman–Crippen LogP) is -4.00. The summed E-state index contributed by atoms with van der Waals surface area (Å²) in [6.07, 6.45) is 1.22. The van der Waals surface area contributed by atoms with Gasteiger partial charge in [-0.2, -0.15) is 0 Å². The number of hydrogen-bond donors (Lipinski definition) is 9. The van der Waals surface area contributed by atoms with Crippen molar-refractivity contribution in [1.29, 1.82) is 0 Å². The molecule has 0 unspecified atom stereocenters. The molecule has 33 heavy (non-hydrogen) atoms. The Balaban J connectivity index is 4.92. The number of rotatable bonds is 15. The minimum absolute atomic E-state index is 0.0621. The molecule has 15 nitrogen and oxygen atoms in total. The Hall–Kier alpha value is -3.62. The summed E-state index contributed by atoms with van der Waals surface area (Å²) in [5.74, 6) is -3.32. The maximum Gasteiger partial charge on any atom is 0.325 e. The molecule has 188 valence electrons. The molecule has 0 aromatic heterocycles. The largest absolute Gasteiger partial charge is 0.480 e. The monoisotopic (exact) mass is 472 g/mol. The third-order valence-corrected chi connectivity index (χ3v) is 4.36. The van der Waals surface area contributed by atoms with Crippen LogP contribution in [0.4, 0.5) is 0 Å². The van der Waals surface area contributed by atoms with Crippen LogP contribution in [0.5, 0.6) is 0 Å². The van der Waals surface area contributed by atoms with Gasteiger partial charge in [0.05, 0.1) is 6.04 Å². The molecule has 0 aliphatic carbocycles. The average molecular weight is 473 g/mol. The van der Waals surface area contributed by atoms with Crippen LogP contribution in [-0.4, -0.2) is 78.0 Å². The van der Waals surface area contributed by atoms with Gasteiger partial charge in [0.1, 0.15) is 18.1 Å². The highest BCUT2D eigenvalue weighted by atomic mass is 16.4. The number of nitrogens with two attached hydrogens (primary N) is 5. The minimum atomic E-state index is -1.23. The fourth-order valence-electron chi connectivity index (χ4n) is 2.48. The van der Waals surface area contributed by atoms with Crippen molar-refractivity contribution in [3.8, 4) is 0 Å². The van der Waals surface area contributed by atoms with Crippen LogP contribution < -0.4 is 44.6 Å². The first kappa shape index (κ1) is 29.4. The predicted molar refractivity (Wildman–Crippen MR) is 123 cm³/mol. The Morgan fingerprint density at radius 1 is 0.758 bits per heavy atom. The Morgan fingerprint density at radius 3 is 1.73 bits per heavy atom. The molecule has 0 aromatic rings. The van der Waals surface area contributed by atoms with Crippen molar-refractivity contribution >= 4 is 35.6 Å². The van der Waals surface area contributed by atoms with E-state index in [1.54, 1.807) is 0 Å². The number of aliphatic imine (C=N–C) groups is 2. The summed E-state index contributed by atoms with van der Waals surface area (Å²) in [5, 5.41) is 16.3. The van der Waals surface area contributed by atoms with Crippen LogP contribution >= 0.6 is 0 Å². The van der Waals surface area contributed by atoms with E-state index < -0.39 is 47.9 Å². The standard InChI is InChI=1S/C18H36N10O5/c1-9(26-14(30)11(19)5-3-7-24-17(20)21)13(29)28-12(6-4-8-25-18(22)23)15(31)27-10(2)16(32)33/h9-12H,3-8,19H2,1-2H3,(H,26,30)(H,27,31)(H,28,29)(H,32,33)(H4,20,21,24)(H4,22,23,25)/t9-,10-,11-,12-/m0/s1. The zero-order chi connectivity index (χ0) is 25.6. The van der Waals surface area contributed by atoms with Crippen molar-refractivity contribution in [2.24, 2.45) is 38.7 Å². The third-order valence-electron chi connectivity index (χ3n) is 4.36. The lowest BCUT2D eigenvalue weighted by Crippen LogP contribution is -2.56. The summed E-state index contributed by atoms with van der Waals surface area (Å²) in [6, 6.07) is -4.12. The molecule has 0 spiro atoms. The van der Waals surface area contributed by atoms with Crippen LogP contribution in [0, 0.1) is 0 Å². The van der Waals surface area contributed by atoms with Crippen LogP contribution in [0.1, 0.15) is 39.5 Å². The number of amides is 3. The van der Waals surface area contributed by atoms with Gasteiger partial charge in [0, 0.05) is 13.1 Å². The smallest absolute Gasteiger partial charge is 0.325 e. The summed E-state index contributed by atoms with van der Waals surface area (Å²) in [4.78, 5) is 55.8. The number of carboxylic acids is 1. The Labute approximate surface area is 192 Å². The van der Waals surface area contributed by atoms with Gasteiger partial charge >= 0.3 is 5.97 Å². The maximum atomic E-state index is 12.5. The van der Waals surface area contributed by atoms with Gasteiger partial charge in [0.15, 0.2) is 11.9 Å². The van der Waals surface area contributed by atoms with Crippen molar-refractivity contribution in [1.82, 2.24) is 16.0 Å². The van der Waals surface area contributed by atoms with Gasteiger partial charge in [-0.25, -0.2) is 0 Å². The molecule has 0 heterocycles. The summed E-state index contributed by atoms with van der Waals surface area (Å²) >= 11 is 0. The quantitative estimate of drug-likeness (QED) is 0.0632. The second-order valence-electron chi connectivity index (χ2n) is 7.36. The van der Waals surface area contributed by atoms with E-state index in [4.69, 9.17) is 33.8 Å². The Bertz CT molecular complexity index is 734. The highest BCUT2D eigenvalue weighted by Crippen LogP contribution is 2.02. The van der Waals surface area contributed by atoms with Gasteiger partial charge in [-0.3, -0.25) is 29.2 Å². The van der Waals surface area contributed by atoms with E-state index in [0.29, 0.717) is 25.8 Å². The number of nitrogens with one attached hydrogen (secondary N) is 3. The molecule has 0 rings (SSSR count). The van der Waals surface area contributed by atoms with Crippen molar-refractivity contribution in [2.45, 2.75) is 63.7 Å². The molecule has 0 saturated carbocycles. The lowest BCUT2D eigenvalue weighted by atomic mass is 10.1. The first-order valence-corrected chi connectivity index (χ1v) is 10.3. The van der Waals surface area contributed by atoms with E-state index in [2.05, 4.69) is 25.9 Å². The summed E-state index contributed by atoms with van der Waals surface area (Å²) in [6.45, 7) is 3.23. The van der Waals surface area contributed by atoms with Crippen molar-refractivity contribution in [2.75, 3.05) is 13.1 Å². The fraction of sp³-hybridized carbons (Fsp3) is 0.667. The fourth-order valence-corrected chi connectivity index (χ4v) is 2.48. The molecule has 15 heteroatoms. The summed E-state index contributed by atoms with van der Waals surface area (Å²) < 4.78 is 0. The van der Waals surface area contributed by atoms with Crippen LogP contribution in [0.15, 0.2) is 9.98 Å². The highest BCUT2D eigenvalue weighted by Gasteiger charge is 2.27. The van der Waals surface area contributed by atoms with Crippen molar-refractivity contribution < 1.29 is 24.3 Å². The van der Waals surface area contributed by atoms with Gasteiger partial charge in [0.2, 0.25) is 17.7 Å². The van der Waals surface area contributed by atoms with Crippen LogP contribution in [0.3, 0.4) is 0 Å². The van der Waals surface area contributed by atoms with Crippen molar-refractivity contribution in [3.05, 3.63) is 0 Å². The van der Waals surface area contributed by atoms with Gasteiger partial charge < -0.3 is 49.7 Å². The number of carboxylic acid groups (broad SMARTS) is 1. The van der Waals surface area contributed by atoms with Gasteiger partial charge in [-0.05, 0) is 39.5 Å². The second-order valence-corrected chi connectivity index (χ2v) is 7.36. The van der Waals surface area contributed by atoms with Crippen molar-refractivity contribution in [3.63, 3.8) is 0 Å². The molecule has 4 atom stereocenters. The van der Waals surface area contributed by atoms with E-state index in [-0.39, 0.29) is 24.9 Å². The molecule has 0 fully saturated rings. The zero-order valence-electron chi connectivity index (χ0n) is 18.9. The second kappa shape index (κ2) is 15.2. The number of carbonyl (C=O) groups excluding carboxylic acids is 3. The lowest BCUT2D eigenvalue weighted by molar-refractivity contribution is -0.141. The van der Waals surface area contributed by atoms with E-state index in [1.165, 1.54) is 13.8 Å². The molecular formula is C18H36N10O5. The number of hydrogen-bond acceptors (Lipinski definition) is 7. The van der Waals surface area contributed by atoms with Gasteiger partial charge in [0.25, 0.3) is 0 Å². The normalized spacial score (nSPS) is 14.0. The van der Waals surface area contributed by atoms with Gasteiger partial charge in [-0.1, -0.05) is 0 Å². The van der Waals surface area contributed by atoms with Crippen LogP contribution in [0.2, 0.25) is 0 Å². The van der Waals surface area contributed by atoms with Crippen LogP contribution in [0.25, 0.3) is 0 Å². The first-order valence-electron chi connectivity index (χ1n) is 10.3. The number of carbonyl (C=O) groups is 4. The first-order chi connectivity index (χ1) is 15.3. The molecule has 0 radical (unpaired) electrons. The topological polar surface area (TPSA) is 279 Å². The van der Waals surface area contributed by atoms with E-state index in [1.807, 2.05) is 0 Å². The summed E-state index contributed by atoms with van der Waals surface area (Å²) in [7, 11) is 0. The number of nitrogens with zero attached hydrogens (tertiary/aromatic N) is 2. The molecule has 3 amide bonds. The third kappa shape index (κ3) is 13.4. The molecule has 0 bridgehead atoms. The maximum absolute atomic E-state index is 12.5. The molecule has 0 aromatic carbocycles. The zero-order valence-corrected chi connectivity index (χ0v) is 18.9. The minimum Gasteiger partial charge on any atom is -0.480 e. The average Bonchev–Trinajstić information content (AvgIpc) is 2.72. The van der Waals surface area contributed by atoms with Gasteiger partial charge in [-0.15, -0.1) is 0 Å². The van der Waals surface area contributed by atoms with E-state index in [9.17, 15) is 19.2 Å². The lowest BCUT2D eigenvalue weighted by Gasteiger charge is -2.23. The Morgan fingerprint density at radius 2 is 1.24 bits per heavy atom. The van der Waals surface area contributed by atoms with Crippen LogP contribution in [-0.2, 0) is 19.2 Å². The molecule has 0 aliphatic rings. The number of guanidine groups is 2. The van der Waals surface area contributed by atoms with E-state index in [0.717, 1.165) is 0 Å². The molecular weight excluding hydrogens is 436 g/mol. The molecule has 14 N–H and O–H groups in total. The molecule has 0 aliphatic heterocycles. The summed E-state index contributed by atoms with van der Waals surface area (Å²) in [5.41, 5.74) is 26.8. The highest BCUT2D eigenvalue weighted by molar-refractivity contribution is 5.93. The number of aliphatic carboxylic acids is 1. The van der Waals surface area contributed by atoms with E-state index >= 15 is 0 Å². The Kier molecular flexibility index (Phi) is 13.6.